The zero-order chi connectivity index (χ0) is 17.0. The minimum absolute atomic E-state index is 0.305. The zero-order valence-electron chi connectivity index (χ0n) is 14.2. The number of amides is 2. The van der Waals surface area contributed by atoms with Gasteiger partial charge in [-0.15, -0.1) is 5.06 Å². The van der Waals surface area contributed by atoms with Gasteiger partial charge in [0.1, 0.15) is 0 Å². The van der Waals surface area contributed by atoms with Crippen molar-refractivity contribution in [1.82, 2.24) is 15.7 Å². The Morgan fingerprint density at radius 1 is 1.18 bits per heavy atom. The Morgan fingerprint density at radius 2 is 1.73 bits per heavy atom. The first-order valence-electron chi connectivity index (χ1n) is 7.81. The maximum absolute atomic E-state index is 11.8. The van der Waals surface area contributed by atoms with E-state index in [-0.39, 0.29) is 11.1 Å². The van der Waals surface area contributed by atoms with E-state index in [4.69, 9.17) is 9.94 Å². The highest BCUT2D eigenvalue weighted by Crippen LogP contribution is 2.42. The quantitative estimate of drug-likeness (QED) is 0.725. The molecule has 1 saturated heterocycles. The summed E-state index contributed by atoms with van der Waals surface area (Å²) in [6, 6.07) is 0. The lowest BCUT2D eigenvalue weighted by atomic mass is 9.74. The monoisotopic (exact) mass is 315 g/mol. The molecule has 0 atom stereocenters. The molecule has 128 valence electrons. The topological polar surface area (TPSA) is 90.9 Å². The lowest BCUT2D eigenvalue weighted by Crippen LogP contribution is -2.61. The van der Waals surface area contributed by atoms with Crippen LogP contribution in [0, 0.1) is 5.92 Å². The average molecular weight is 315 g/mol. The number of rotatable bonds is 5. The molecule has 0 aromatic heterocycles. The van der Waals surface area contributed by atoms with Crippen molar-refractivity contribution in [3.05, 3.63) is 0 Å². The smallest absolute Gasteiger partial charge is 0.426 e. The fourth-order valence-corrected chi connectivity index (χ4v) is 3.56. The van der Waals surface area contributed by atoms with Crippen molar-refractivity contribution in [2.75, 3.05) is 13.1 Å². The van der Waals surface area contributed by atoms with E-state index < -0.39 is 12.2 Å². The number of hydroxylamine groups is 2. The van der Waals surface area contributed by atoms with Gasteiger partial charge < -0.3 is 20.6 Å². The first kappa shape index (κ1) is 18.5. The van der Waals surface area contributed by atoms with E-state index in [2.05, 4.69) is 10.6 Å². The van der Waals surface area contributed by atoms with Crippen LogP contribution < -0.4 is 10.6 Å². The molecule has 0 radical (unpaired) electrons. The third-order valence-electron chi connectivity index (χ3n) is 4.00. The Labute approximate surface area is 132 Å². The summed E-state index contributed by atoms with van der Waals surface area (Å²) in [4.78, 5) is 27.8. The predicted molar refractivity (Wildman–Crippen MR) is 83.5 cm³/mol. The number of piperidine rings is 1. The normalized spacial score (nSPS) is 21.1. The molecule has 0 bridgehead atoms. The second-order valence-electron chi connectivity index (χ2n) is 7.12. The molecule has 2 amide bonds. The number of carbonyl (C=O) groups is 2. The second kappa shape index (κ2) is 7.17. The molecular formula is C15H29N3O4. The molecule has 0 spiro atoms. The van der Waals surface area contributed by atoms with Crippen LogP contribution in [0.1, 0.15) is 53.9 Å². The fourth-order valence-electron chi connectivity index (χ4n) is 3.56. The van der Waals surface area contributed by atoms with Crippen LogP contribution in [0.3, 0.4) is 0 Å². The minimum Gasteiger partial charge on any atom is -0.465 e. The van der Waals surface area contributed by atoms with Crippen LogP contribution in [0.5, 0.6) is 0 Å². The largest absolute Gasteiger partial charge is 0.465 e. The average Bonchev–Trinajstić information content (AvgIpc) is 2.33. The Bertz CT molecular complexity index is 392. The number of nitrogens with one attached hydrogen (secondary N) is 2. The van der Waals surface area contributed by atoms with Crippen molar-refractivity contribution in [2.24, 2.45) is 5.92 Å². The van der Waals surface area contributed by atoms with Crippen LogP contribution in [0.4, 0.5) is 9.59 Å². The molecule has 0 saturated carbocycles. The highest BCUT2D eigenvalue weighted by molar-refractivity contribution is 5.66. The summed E-state index contributed by atoms with van der Waals surface area (Å²) < 4.78 is 0. The lowest BCUT2D eigenvalue weighted by Gasteiger charge is -2.52. The summed E-state index contributed by atoms with van der Waals surface area (Å²) in [5, 5.41) is 15.5. The summed E-state index contributed by atoms with van der Waals surface area (Å²) in [6.45, 7) is 11.0. The highest BCUT2D eigenvalue weighted by Gasteiger charge is 2.47. The fraction of sp³-hybridized carbons (Fsp3) is 0.867. The van der Waals surface area contributed by atoms with Gasteiger partial charge in [0.25, 0.3) is 0 Å². The number of hydrogen-bond donors (Lipinski definition) is 3. The van der Waals surface area contributed by atoms with Crippen LogP contribution in [0.15, 0.2) is 0 Å². The van der Waals surface area contributed by atoms with Gasteiger partial charge in [0.2, 0.25) is 0 Å². The molecule has 1 heterocycles. The van der Waals surface area contributed by atoms with E-state index in [1.54, 1.807) is 5.06 Å². The maximum atomic E-state index is 11.8. The summed E-state index contributed by atoms with van der Waals surface area (Å²) in [6.07, 6.45) is 1.05. The SMILES string of the molecule is CCNC(=O)ON1C(C)(C)CC(CCNC(=O)O)CC1(C)C. The predicted octanol–water partition coefficient (Wildman–Crippen LogP) is 2.57. The number of nitrogens with zero attached hydrogens (tertiary/aromatic N) is 1. The highest BCUT2D eigenvalue weighted by atomic mass is 16.7. The van der Waals surface area contributed by atoms with Crippen molar-refractivity contribution in [3.8, 4) is 0 Å². The van der Waals surface area contributed by atoms with Crippen molar-refractivity contribution < 1.29 is 19.5 Å². The number of hydrogen-bond acceptors (Lipinski definition) is 4. The molecule has 7 heteroatoms. The van der Waals surface area contributed by atoms with Crippen molar-refractivity contribution >= 4 is 12.2 Å². The Morgan fingerprint density at radius 3 is 2.18 bits per heavy atom. The third kappa shape index (κ3) is 5.05. The van der Waals surface area contributed by atoms with Crippen LogP contribution in [-0.2, 0) is 4.84 Å². The summed E-state index contributed by atoms with van der Waals surface area (Å²) in [7, 11) is 0. The minimum atomic E-state index is -0.990. The third-order valence-corrected chi connectivity index (χ3v) is 4.00. The van der Waals surface area contributed by atoms with Crippen LogP contribution in [0.2, 0.25) is 0 Å². The summed E-state index contributed by atoms with van der Waals surface area (Å²) in [5.74, 6) is 0.380. The zero-order valence-corrected chi connectivity index (χ0v) is 14.2. The van der Waals surface area contributed by atoms with Gasteiger partial charge in [-0.3, -0.25) is 0 Å². The van der Waals surface area contributed by atoms with Gasteiger partial charge in [-0.05, 0) is 59.8 Å². The van der Waals surface area contributed by atoms with E-state index >= 15 is 0 Å². The maximum Gasteiger partial charge on any atom is 0.426 e. The van der Waals surface area contributed by atoms with Crippen LogP contribution in [0.25, 0.3) is 0 Å². The number of carbonyl (C=O) groups excluding carboxylic acids is 1. The second-order valence-corrected chi connectivity index (χ2v) is 7.12. The molecule has 0 aliphatic carbocycles. The first-order valence-corrected chi connectivity index (χ1v) is 7.81. The molecule has 3 N–H and O–H groups in total. The van der Waals surface area contributed by atoms with E-state index in [0.717, 1.165) is 19.3 Å². The molecule has 0 aromatic rings. The Hall–Kier alpha value is -1.50. The molecule has 0 unspecified atom stereocenters. The molecule has 1 rings (SSSR count). The van der Waals surface area contributed by atoms with Gasteiger partial charge in [-0.25, -0.2) is 9.59 Å². The van der Waals surface area contributed by atoms with Gasteiger partial charge in [-0.1, -0.05) is 0 Å². The molecular weight excluding hydrogens is 286 g/mol. The summed E-state index contributed by atoms with van der Waals surface area (Å²) >= 11 is 0. The van der Waals surface area contributed by atoms with E-state index in [0.29, 0.717) is 19.0 Å². The van der Waals surface area contributed by atoms with Gasteiger partial charge in [-0.2, -0.15) is 0 Å². The molecule has 7 nitrogen and oxygen atoms in total. The molecule has 0 aromatic carbocycles. The van der Waals surface area contributed by atoms with Crippen molar-refractivity contribution in [3.63, 3.8) is 0 Å². The van der Waals surface area contributed by atoms with Crippen molar-refractivity contribution in [2.45, 2.75) is 65.0 Å². The lowest BCUT2D eigenvalue weighted by molar-refractivity contribution is -0.248. The van der Waals surface area contributed by atoms with Crippen LogP contribution >= 0.6 is 0 Å². The van der Waals surface area contributed by atoms with E-state index in [9.17, 15) is 9.59 Å². The van der Waals surface area contributed by atoms with Gasteiger partial charge in [0, 0.05) is 13.1 Å². The van der Waals surface area contributed by atoms with Gasteiger partial charge in [0.15, 0.2) is 0 Å². The van der Waals surface area contributed by atoms with Gasteiger partial charge >= 0.3 is 12.2 Å². The Kier molecular flexibility index (Phi) is 6.05. The van der Waals surface area contributed by atoms with Gasteiger partial charge in [0.05, 0.1) is 11.1 Å². The van der Waals surface area contributed by atoms with E-state index in [1.165, 1.54) is 0 Å². The van der Waals surface area contributed by atoms with Crippen LogP contribution in [-0.4, -0.2) is 46.5 Å². The molecule has 22 heavy (non-hydrogen) atoms. The molecule has 1 fully saturated rings. The summed E-state index contributed by atoms with van der Waals surface area (Å²) in [5.41, 5.74) is -0.610. The first-order chi connectivity index (χ1) is 10.1. The molecule has 1 aliphatic heterocycles. The number of carboxylic acid groups (broad SMARTS) is 1. The van der Waals surface area contributed by atoms with E-state index in [1.807, 2.05) is 34.6 Å². The van der Waals surface area contributed by atoms with Crippen molar-refractivity contribution in [1.29, 1.82) is 0 Å². The molecule has 1 aliphatic rings. The standard InChI is InChI=1S/C15H29N3O4/c1-6-16-13(21)22-18-14(2,3)9-11(10-15(18,4)5)7-8-17-12(19)20/h11,17H,6-10H2,1-5H3,(H,16,21)(H,19,20). The Balaban J connectivity index is 2.71.